The SMILES string of the molecule is CCCCn1c(=O)[nH]c(=O)c2c1nc(CSc1nnc(N3CCOCC3)n1C1CC1)n2CC. The predicted molar refractivity (Wildman–Crippen MR) is 126 cm³/mol. The van der Waals surface area contributed by atoms with Crippen molar-refractivity contribution in [3.8, 4) is 0 Å². The van der Waals surface area contributed by atoms with Gasteiger partial charge in [0, 0.05) is 32.2 Å². The van der Waals surface area contributed by atoms with Crippen LogP contribution in [0, 0.1) is 0 Å². The minimum absolute atomic E-state index is 0.385. The number of nitrogens with zero attached hydrogens (tertiary/aromatic N) is 7. The van der Waals surface area contributed by atoms with E-state index in [2.05, 4.69) is 31.6 Å². The molecule has 0 aromatic carbocycles. The van der Waals surface area contributed by atoms with Gasteiger partial charge in [0.1, 0.15) is 5.82 Å². The second-order valence-electron chi connectivity index (χ2n) is 8.48. The fourth-order valence-corrected chi connectivity index (χ4v) is 5.27. The number of H-pyrrole nitrogens is 1. The van der Waals surface area contributed by atoms with Gasteiger partial charge in [-0.25, -0.2) is 9.78 Å². The Hall–Kier alpha value is -2.60. The van der Waals surface area contributed by atoms with Crippen LogP contribution in [0.2, 0.25) is 0 Å². The molecule has 5 rings (SSSR count). The quantitative estimate of drug-likeness (QED) is 0.467. The number of aromatic amines is 1. The van der Waals surface area contributed by atoms with E-state index in [-0.39, 0.29) is 5.56 Å². The summed E-state index contributed by atoms with van der Waals surface area (Å²) in [6.45, 7) is 8.23. The molecule has 178 valence electrons. The van der Waals surface area contributed by atoms with Crippen molar-refractivity contribution in [2.75, 3.05) is 31.2 Å². The molecule has 0 radical (unpaired) electrons. The van der Waals surface area contributed by atoms with E-state index in [0.29, 0.717) is 49.3 Å². The minimum Gasteiger partial charge on any atom is -0.378 e. The molecule has 2 fully saturated rings. The minimum atomic E-state index is -0.399. The first kappa shape index (κ1) is 22.2. The number of imidazole rings is 1. The third kappa shape index (κ3) is 4.21. The van der Waals surface area contributed by atoms with Crippen molar-refractivity contribution < 1.29 is 4.74 Å². The number of aromatic nitrogens is 7. The molecule has 3 aromatic rings. The highest BCUT2D eigenvalue weighted by molar-refractivity contribution is 7.98. The summed E-state index contributed by atoms with van der Waals surface area (Å²) in [4.78, 5) is 34.6. The molecule has 1 saturated heterocycles. The Morgan fingerprint density at radius 2 is 1.91 bits per heavy atom. The number of unbranched alkanes of at least 4 members (excludes halogenated alkanes) is 1. The van der Waals surface area contributed by atoms with Crippen molar-refractivity contribution in [3.05, 3.63) is 26.7 Å². The average Bonchev–Trinajstić information content (AvgIpc) is 3.46. The lowest BCUT2D eigenvalue weighted by atomic mass is 10.3. The van der Waals surface area contributed by atoms with Crippen molar-refractivity contribution >= 4 is 28.9 Å². The molecule has 0 amide bonds. The van der Waals surface area contributed by atoms with Crippen LogP contribution in [-0.2, 0) is 23.6 Å². The molecule has 1 aliphatic heterocycles. The standard InChI is InChI=1S/C21H30N8O3S/c1-3-5-8-28-17-16(18(30)23-20(28)31)27(4-2)15(22-17)13-33-21-25-24-19(29(21)14-6-7-14)26-9-11-32-12-10-26/h14H,3-13H2,1-2H3,(H,23,30,31). The Bertz CT molecular complexity index is 1250. The topological polar surface area (TPSA) is 116 Å². The normalized spacial score (nSPS) is 16.7. The molecule has 0 bridgehead atoms. The maximum atomic E-state index is 12.6. The Balaban J connectivity index is 1.47. The molecule has 4 heterocycles. The van der Waals surface area contributed by atoms with Gasteiger partial charge in [-0.3, -0.25) is 18.9 Å². The van der Waals surface area contributed by atoms with Gasteiger partial charge in [0.05, 0.1) is 19.0 Å². The maximum Gasteiger partial charge on any atom is 0.330 e. The molecule has 33 heavy (non-hydrogen) atoms. The smallest absolute Gasteiger partial charge is 0.330 e. The molecule has 2 aliphatic rings. The number of hydrogen-bond donors (Lipinski definition) is 1. The predicted octanol–water partition coefficient (Wildman–Crippen LogP) is 1.76. The van der Waals surface area contributed by atoms with Crippen LogP contribution in [0.15, 0.2) is 14.7 Å². The zero-order chi connectivity index (χ0) is 22.9. The van der Waals surface area contributed by atoms with E-state index in [1.165, 1.54) is 0 Å². The summed E-state index contributed by atoms with van der Waals surface area (Å²) in [5, 5.41) is 9.87. The van der Waals surface area contributed by atoms with Crippen LogP contribution < -0.4 is 16.1 Å². The molecule has 12 heteroatoms. The fourth-order valence-electron chi connectivity index (χ4n) is 4.32. The van der Waals surface area contributed by atoms with Crippen LogP contribution in [0.1, 0.15) is 51.4 Å². The molecule has 1 aliphatic carbocycles. The van der Waals surface area contributed by atoms with Crippen molar-refractivity contribution in [1.29, 1.82) is 0 Å². The number of morpholine rings is 1. The first-order valence-electron chi connectivity index (χ1n) is 11.7. The number of rotatable bonds is 9. The fraction of sp³-hybridized carbons (Fsp3) is 0.667. The second kappa shape index (κ2) is 9.34. The molecule has 0 spiro atoms. The number of nitrogens with one attached hydrogen (secondary N) is 1. The number of aryl methyl sites for hydroxylation is 2. The summed E-state index contributed by atoms with van der Waals surface area (Å²) >= 11 is 1.58. The van der Waals surface area contributed by atoms with E-state index in [9.17, 15) is 9.59 Å². The molecule has 0 atom stereocenters. The van der Waals surface area contributed by atoms with E-state index in [1.54, 1.807) is 16.3 Å². The third-order valence-corrected chi connectivity index (χ3v) is 7.14. The van der Waals surface area contributed by atoms with Gasteiger partial charge in [0.2, 0.25) is 5.95 Å². The largest absolute Gasteiger partial charge is 0.378 e. The molecule has 11 nitrogen and oxygen atoms in total. The van der Waals surface area contributed by atoms with Gasteiger partial charge < -0.3 is 14.2 Å². The number of hydrogen-bond acceptors (Lipinski definition) is 8. The molecule has 1 N–H and O–H groups in total. The van der Waals surface area contributed by atoms with Crippen LogP contribution in [-0.4, -0.2) is 60.2 Å². The van der Waals surface area contributed by atoms with Crippen LogP contribution in [0.25, 0.3) is 11.2 Å². The summed E-state index contributed by atoms with van der Waals surface area (Å²) in [7, 11) is 0. The summed E-state index contributed by atoms with van der Waals surface area (Å²) in [5.41, 5.74) is 0.141. The van der Waals surface area contributed by atoms with Gasteiger partial charge in [-0.05, 0) is 26.2 Å². The molecular formula is C21H30N8O3S. The zero-order valence-corrected chi connectivity index (χ0v) is 19.9. The van der Waals surface area contributed by atoms with Gasteiger partial charge in [0.25, 0.3) is 5.56 Å². The zero-order valence-electron chi connectivity index (χ0n) is 19.1. The van der Waals surface area contributed by atoms with Gasteiger partial charge in [-0.2, -0.15) is 0 Å². The Morgan fingerprint density at radius 1 is 1.12 bits per heavy atom. The van der Waals surface area contributed by atoms with Crippen molar-refractivity contribution in [2.45, 2.75) is 69.6 Å². The highest BCUT2D eigenvalue weighted by atomic mass is 32.2. The highest BCUT2D eigenvalue weighted by Gasteiger charge is 2.32. The first-order chi connectivity index (χ1) is 16.1. The first-order valence-corrected chi connectivity index (χ1v) is 12.7. The van der Waals surface area contributed by atoms with Gasteiger partial charge in [-0.15, -0.1) is 10.2 Å². The Morgan fingerprint density at radius 3 is 2.61 bits per heavy atom. The number of fused-ring (bicyclic) bond motifs is 1. The summed E-state index contributed by atoms with van der Waals surface area (Å²) < 4.78 is 11.2. The summed E-state index contributed by atoms with van der Waals surface area (Å²) in [6, 6.07) is 0.437. The van der Waals surface area contributed by atoms with E-state index in [0.717, 1.165) is 55.7 Å². The van der Waals surface area contributed by atoms with Crippen molar-refractivity contribution in [2.24, 2.45) is 0 Å². The Labute approximate surface area is 195 Å². The van der Waals surface area contributed by atoms with Gasteiger partial charge in [0.15, 0.2) is 16.3 Å². The summed E-state index contributed by atoms with van der Waals surface area (Å²) in [5.74, 6) is 2.21. The van der Waals surface area contributed by atoms with Gasteiger partial charge in [-0.1, -0.05) is 25.1 Å². The number of ether oxygens (including phenoxy) is 1. The Kier molecular flexibility index (Phi) is 6.28. The molecular weight excluding hydrogens is 444 g/mol. The highest BCUT2D eigenvalue weighted by Crippen LogP contribution is 2.41. The van der Waals surface area contributed by atoms with Gasteiger partial charge >= 0.3 is 5.69 Å². The average molecular weight is 475 g/mol. The van der Waals surface area contributed by atoms with E-state index in [4.69, 9.17) is 9.72 Å². The lowest BCUT2D eigenvalue weighted by Crippen LogP contribution is -2.38. The lowest BCUT2D eigenvalue weighted by Gasteiger charge is -2.27. The van der Waals surface area contributed by atoms with Crippen LogP contribution in [0.3, 0.4) is 0 Å². The van der Waals surface area contributed by atoms with Crippen molar-refractivity contribution in [1.82, 2.24) is 33.9 Å². The van der Waals surface area contributed by atoms with Crippen LogP contribution in [0.5, 0.6) is 0 Å². The van der Waals surface area contributed by atoms with Crippen LogP contribution in [0.4, 0.5) is 5.95 Å². The van der Waals surface area contributed by atoms with E-state index >= 15 is 0 Å². The number of anilines is 1. The number of thioether (sulfide) groups is 1. The van der Waals surface area contributed by atoms with Crippen LogP contribution >= 0.6 is 11.8 Å². The maximum absolute atomic E-state index is 12.6. The molecule has 0 unspecified atom stereocenters. The third-order valence-electron chi connectivity index (χ3n) is 6.20. The van der Waals surface area contributed by atoms with E-state index < -0.39 is 5.69 Å². The van der Waals surface area contributed by atoms with E-state index in [1.807, 2.05) is 11.5 Å². The molecule has 3 aromatic heterocycles. The summed E-state index contributed by atoms with van der Waals surface area (Å²) in [6.07, 6.45) is 4.07. The van der Waals surface area contributed by atoms with Crippen molar-refractivity contribution in [3.63, 3.8) is 0 Å². The second-order valence-corrected chi connectivity index (χ2v) is 9.42. The lowest BCUT2D eigenvalue weighted by molar-refractivity contribution is 0.121. The monoisotopic (exact) mass is 474 g/mol. The molecule has 1 saturated carbocycles.